The molecule has 0 saturated carbocycles. The van der Waals surface area contributed by atoms with Gasteiger partial charge in [-0.05, 0) is 29.3 Å². The van der Waals surface area contributed by atoms with Crippen LogP contribution in [0.25, 0.3) is 6.08 Å². The minimum absolute atomic E-state index is 0.235. The molecular formula is C26H23F3N2O3. The summed E-state index contributed by atoms with van der Waals surface area (Å²) in [6, 6.07) is 10.3. The summed E-state index contributed by atoms with van der Waals surface area (Å²) in [7, 11) is 0. The molecule has 0 spiro atoms. The van der Waals surface area contributed by atoms with Crippen molar-refractivity contribution in [3.63, 3.8) is 0 Å². The molecule has 176 valence electrons. The van der Waals surface area contributed by atoms with Crippen molar-refractivity contribution in [3.05, 3.63) is 71.4 Å². The molecule has 5 rings (SSSR count). The van der Waals surface area contributed by atoms with Gasteiger partial charge in [-0.3, -0.25) is 14.4 Å². The fraction of sp³-hybridized carbons (Fsp3) is 0.346. The molecule has 5 nitrogen and oxygen atoms in total. The first-order valence-corrected chi connectivity index (χ1v) is 11.1. The van der Waals surface area contributed by atoms with Gasteiger partial charge < -0.3 is 4.90 Å². The van der Waals surface area contributed by atoms with Crippen LogP contribution in [0.2, 0.25) is 0 Å². The van der Waals surface area contributed by atoms with Gasteiger partial charge in [-0.1, -0.05) is 57.2 Å². The summed E-state index contributed by atoms with van der Waals surface area (Å²) < 4.78 is 41.3. The Balaban J connectivity index is 1.69. The van der Waals surface area contributed by atoms with Crippen LogP contribution in [0.4, 0.5) is 18.9 Å². The first-order valence-electron chi connectivity index (χ1n) is 11.1. The van der Waals surface area contributed by atoms with Crippen molar-refractivity contribution in [1.29, 1.82) is 0 Å². The molecule has 2 saturated heterocycles. The number of halogens is 3. The van der Waals surface area contributed by atoms with Gasteiger partial charge in [-0.2, -0.15) is 13.2 Å². The van der Waals surface area contributed by atoms with Gasteiger partial charge in [0.05, 0.1) is 29.1 Å². The van der Waals surface area contributed by atoms with Crippen LogP contribution in [-0.2, 0) is 20.6 Å². The number of fused-ring (bicyclic) bond motifs is 5. The third-order valence-corrected chi connectivity index (χ3v) is 6.92. The predicted molar refractivity (Wildman–Crippen MR) is 119 cm³/mol. The number of hydrogen-bond acceptors (Lipinski definition) is 4. The molecule has 3 aliphatic rings. The number of ketones is 1. The maximum Gasteiger partial charge on any atom is 0.418 e. The molecule has 2 aromatic rings. The molecule has 2 amide bonds. The lowest BCUT2D eigenvalue weighted by atomic mass is 9.79. The minimum atomic E-state index is -4.75. The number of hydrogen-bond donors (Lipinski definition) is 0. The zero-order valence-electron chi connectivity index (χ0n) is 18.8. The first-order chi connectivity index (χ1) is 15.9. The van der Waals surface area contributed by atoms with E-state index in [1.165, 1.54) is 12.1 Å². The Labute approximate surface area is 194 Å². The number of nitrogens with zero attached hydrogens (tertiary/aromatic N) is 2. The van der Waals surface area contributed by atoms with Crippen LogP contribution in [0.1, 0.15) is 43.5 Å². The number of carbonyl (C=O) groups excluding carboxylic acids is 3. The summed E-state index contributed by atoms with van der Waals surface area (Å²) in [6.07, 6.45) is -1.18. The van der Waals surface area contributed by atoms with Crippen molar-refractivity contribution in [1.82, 2.24) is 4.90 Å². The summed E-state index contributed by atoms with van der Waals surface area (Å²) in [5.41, 5.74) is -0.754. The van der Waals surface area contributed by atoms with Crippen LogP contribution in [-0.4, -0.2) is 28.5 Å². The summed E-state index contributed by atoms with van der Waals surface area (Å²) in [5.74, 6) is -3.77. The van der Waals surface area contributed by atoms with Crippen molar-refractivity contribution in [2.45, 2.75) is 39.0 Å². The number of para-hydroxylation sites is 1. The van der Waals surface area contributed by atoms with E-state index in [2.05, 4.69) is 0 Å². The molecule has 2 aromatic carbocycles. The predicted octanol–water partition coefficient (Wildman–Crippen LogP) is 4.84. The standard InChI is InChI=1S/C26H23F3N2O3/c1-25(2,3)22(32)21-19-18(20-15-9-5-4-8-14(15)12-13-30(20)21)23(33)31(24(19)34)17-11-7-6-10-16(17)26(27,28)29/h4-13,18-21H,1-3H3/t18-,19-,20+,21+/m1/s1. The van der Waals surface area contributed by atoms with Crippen molar-refractivity contribution in [3.8, 4) is 0 Å². The molecule has 0 unspecified atom stereocenters. The van der Waals surface area contributed by atoms with E-state index in [4.69, 9.17) is 0 Å². The normalized spacial score (nSPS) is 25.9. The van der Waals surface area contributed by atoms with Gasteiger partial charge in [0.2, 0.25) is 11.8 Å². The molecular weight excluding hydrogens is 445 g/mol. The van der Waals surface area contributed by atoms with E-state index < -0.39 is 58.6 Å². The molecule has 8 heteroatoms. The highest BCUT2D eigenvalue weighted by Crippen LogP contribution is 2.55. The SMILES string of the molecule is CC(C)(C)C(=O)[C@@H]1[C@@H]2C(=O)N(c3ccccc3C(F)(F)F)C(=O)[C@H]2[C@@H]2c3ccccc3C=CN12. The van der Waals surface area contributed by atoms with E-state index in [-0.39, 0.29) is 5.78 Å². The molecule has 34 heavy (non-hydrogen) atoms. The Hall–Kier alpha value is -3.42. The van der Waals surface area contributed by atoms with Gasteiger partial charge in [-0.15, -0.1) is 0 Å². The van der Waals surface area contributed by atoms with E-state index in [9.17, 15) is 27.6 Å². The monoisotopic (exact) mass is 468 g/mol. The maximum absolute atomic E-state index is 13.8. The average Bonchev–Trinajstić information content (AvgIpc) is 3.24. The molecule has 0 N–H and O–H groups in total. The fourth-order valence-electron chi connectivity index (χ4n) is 5.45. The molecule has 0 aliphatic carbocycles. The fourth-order valence-corrected chi connectivity index (χ4v) is 5.45. The lowest BCUT2D eigenvalue weighted by molar-refractivity contribution is -0.138. The summed E-state index contributed by atoms with van der Waals surface area (Å²) in [6.45, 7) is 5.20. The van der Waals surface area contributed by atoms with Crippen LogP contribution < -0.4 is 4.90 Å². The Morgan fingerprint density at radius 2 is 1.50 bits per heavy atom. The van der Waals surface area contributed by atoms with Crippen LogP contribution in [0.15, 0.2) is 54.7 Å². The highest BCUT2D eigenvalue weighted by molar-refractivity contribution is 6.24. The molecule has 3 heterocycles. The first kappa shape index (κ1) is 22.4. The quantitative estimate of drug-likeness (QED) is 0.592. The Morgan fingerprint density at radius 3 is 2.18 bits per heavy atom. The van der Waals surface area contributed by atoms with E-state index in [1.54, 1.807) is 31.9 Å². The van der Waals surface area contributed by atoms with Gasteiger partial charge in [0, 0.05) is 11.6 Å². The second-order valence-corrected chi connectivity index (χ2v) is 9.97. The van der Waals surface area contributed by atoms with E-state index >= 15 is 0 Å². The number of carbonyl (C=O) groups is 3. The largest absolute Gasteiger partial charge is 0.418 e. The maximum atomic E-state index is 13.8. The second-order valence-electron chi connectivity index (χ2n) is 9.97. The van der Waals surface area contributed by atoms with Crippen molar-refractivity contribution < 1.29 is 27.6 Å². The smallest absolute Gasteiger partial charge is 0.359 e. The number of imide groups is 1. The molecule has 4 atom stereocenters. The molecule has 2 fully saturated rings. The molecule has 0 bridgehead atoms. The number of rotatable bonds is 2. The van der Waals surface area contributed by atoms with Crippen LogP contribution in [0.5, 0.6) is 0 Å². The third kappa shape index (κ3) is 3.11. The molecule has 0 radical (unpaired) electrons. The lowest BCUT2D eigenvalue weighted by Crippen LogP contribution is -2.48. The number of alkyl halides is 3. The van der Waals surface area contributed by atoms with Gasteiger partial charge in [0.15, 0.2) is 5.78 Å². The summed E-state index contributed by atoms with van der Waals surface area (Å²) >= 11 is 0. The number of Topliss-reactive ketones (excluding diaryl/α,β-unsaturated/α-hetero) is 1. The van der Waals surface area contributed by atoms with E-state index in [1.807, 2.05) is 30.3 Å². The Kier molecular flexibility index (Phi) is 4.80. The van der Waals surface area contributed by atoms with Gasteiger partial charge in [0.25, 0.3) is 0 Å². The van der Waals surface area contributed by atoms with Crippen LogP contribution >= 0.6 is 0 Å². The number of amides is 2. The van der Waals surface area contributed by atoms with E-state index in [0.717, 1.165) is 23.3 Å². The zero-order valence-corrected chi connectivity index (χ0v) is 18.8. The Morgan fingerprint density at radius 1 is 0.882 bits per heavy atom. The summed E-state index contributed by atoms with van der Waals surface area (Å²) in [4.78, 5) is 43.4. The topological polar surface area (TPSA) is 57.7 Å². The number of anilines is 1. The number of benzene rings is 2. The van der Waals surface area contributed by atoms with Gasteiger partial charge in [0.1, 0.15) is 6.04 Å². The Bertz CT molecular complexity index is 1240. The van der Waals surface area contributed by atoms with Crippen LogP contribution in [0, 0.1) is 17.3 Å². The lowest BCUT2D eigenvalue weighted by Gasteiger charge is -2.37. The van der Waals surface area contributed by atoms with Gasteiger partial charge >= 0.3 is 6.18 Å². The van der Waals surface area contributed by atoms with E-state index in [0.29, 0.717) is 4.90 Å². The zero-order chi connectivity index (χ0) is 24.6. The second kappa shape index (κ2) is 7.29. The highest BCUT2D eigenvalue weighted by atomic mass is 19.4. The molecule has 0 aromatic heterocycles. The average molecular weight is 468 g/mol. The van der Waals surface area contributed by atoms with Crippen molar-refractivity contribution >= 4 is 29.4 Å². The van der Waals surface area contributed by atoms with Crippen molar-refractivity contribution in [2.75, 3.05) is 4.90 Å². The van der Waals surface area contributed by atoms with Gasteiger partial charge in [-0.25, -0.2) is 4.90 Å². The molecule has 3 aliphatic heterocycles. The van der Waals surface area contributed by atoms with Crippen LogP contribution in [0.3, 0.4) is 0 Å². The summed E-state index contributed by atoms with van der Waals surface area (Å²) in [5, 5.41) is 0. The highest BCUT2D eigenvalue weighted by Gasteiger charge is 2.65. The van der Waals surface area contributed by atoms with Crippen molar-refractivity contribution in [2.24, 2.45) is 17.3 Å². The third-order valence-electron chi connectivity index (χ3n) is 6.92. The minimum Gasteiger partial charge on any atom is -0.359 e.